The molecule has 1 N–H and O–H groups in total. The van der Waals surface area contributed by atoms with Gasteiger partial charge in [-0.1, -0.05) is 6.92 Å². The number of aromatic nitrogens is 1. The lowest BCUT2D eigenvalue weighted by molar-refractivity contribution is -0.384. The van der Waals surface area contributed by atoms with Gasteiger partial charge in [-0.3, -0.25) is 10.1 Å². The SMILES string of the molecule is CCSCCn1cc([N+](=O)[O-])cc1C(=O)O. The Bertz CT molecular complexity index is 402. The largest absolute Gasteiger partial charge is 0.477 e. The Labute approximate surface area is 96.4 Å². The van der Waals surface area contributed by atoms with Gasteiger partial charge in [-0.05, 0) is 5.75 Å². The molecule has 0 spiro atoms. The minimum atomic E-state index is -1.14. The van der Waals surface area contributed by atoms with Gasteiger partial charge in [0.25, 0.3) is 5.69 Å². The molecular weight excluding hydrogens is 232 g/mol. The molecule has 88 valence electrons. The fourth-order valence-electron chi connectivity index (χ4n) is 1.27. The topological polar surface area (TPSA) is 85.4 Å². The van der Waals surface area contributed by atoms with E-state index in [2.05, 4.69) is 0 Å². The van der Waals surface area contributed by atoms with E-state index in [1.807, 2.05) is 6.92 Å². The van der Waals surface area contributed by atoms with Crippen LogP contribution >= 0.6 is 11.8 Å². The van der Waals surface area contributed by atoms with Crippen molar-refractivity contribution in [2.45, 2.75) is 13.5 Å². The highest BCUT2D eigenvalue weighted by atomic mass is 32.2. The van der Waals surface area contributed by atoms with Gasteiger partial charge in [0.1, 0.15) is 5.69 Å². The van der Waals surface area contributed by atoms with Crippen LogP contribution in [0.3, 0.4) is 0 Å². The molecule has 0 saturated carbocycles. The van der Waals surface area contributed by atoms with E-state index in [-0.39, 0.29) is 11.4 Å². The molecule has 0 unspecified atom stereocenters. The second-order valence-corrected chi connectivity index (χ2v) is 4.43. The van der Waals surface area contributed by atoms with Crippen LogP contribution in [0, 0.1) is 10.1 Å². The lowest BCUT2D eigenvalue weighted by Crippen LogP contribution is -2.08. The number of aromatic carboxylic acids is 1. The van der Waals surface area contributed by atoms with Crippen molar-refractivity contribution >= 4 is 23.4 Å². The highest BCUT2D eigenvalue weighted by Gasteiger charge is 2.18. The second kappa shape index (κ2) is 5.55. The fourth-order valence-corrected chi connectivity index (χ4v) is 1.88. The third-order valence-electron chi connectivity index (χ3n) is 1.99. The normalized spacial score (nSPS) is 10.3. The lowest BCUT2D eigenvalue weighted by Gasteiger charge is -2.03. The average Bonchev–Trinajstić information content (AvgIpc) is 2.62. The molecule has 1 aromatic rings. The molecule has 0 amide bonds. The molecule has 0 saturated heterocycles. The van der Waals surface area contributed by atoms with Crippen molar-refractivity contribution < 1.29 is 14.8 Å². The summed E-state index contributed by atoms with van der Waals surface area (Å²) in [6.45, 7) is 2.47. The first-order valence-electron chi connectivity index (χ1n) is 4.72. The van der Waals surface area contributed by atoms with Crippen molar-refractivity contribution in [1.29, 1.82) is 0 Å². The summed E-state index contributed by atoms with van der Waals surface area (Å²) in [5, 5.41) is 19.4. The number of rotatable bonds is 6. The number of nitro groups is 1. The fraction of sp³-hybridized carbons (Fsp3) is 0.444. The van der Waals surface area contributed by atoms with Crippen molar-refractivity contribution in [3.05, 3.63) is 28.1 Å². The van der Waals surface area contributed by atoms with Gasteiger partial charge in [0.15, 0.2) is 0 Å². The molecule has 0 aromatic carbocycles. The molecule has 0 aliphatic carbocycles. The summed E-state index contributed by atoms with van der Waals surface area (Å²) < 4.78 is 1.41. The zero-order valence-corrected chi connectivity index (χ0v) is 9.57. The smallest absolute Gasteiger partial charge is 0.352 e. The van der Waals surface area contributed by atoms with Crippen LogP contribution in [0.4, 0.5) is 5.69 Å². The summed E-state index contributed by atoms with van der Waals surface area (Å²) in [7, 11) is 0. The van der Waals surface area contributed by atoms with Gasteiger partial charge < -0.3 is 9.67 Å². The van der Waals surface area contributed by atoms with E-state index in [1.165, 1.54) is 10.8 Å². The molecule has 16 heavy (non-hydrogen) atoms. The van der Waals surface area contributed by atoms with E-state index >= 15 is 0 Å². The minimum Gasteiger partial charge on any atom is -0.477 e. The van der Waals surface area contributed by atoms with E-state index in [1.54, 1.807) is 11.8 Å². The standard InChI is InChI=1S/C9H12N2O4S/c1-2-16-4-3-10-6-7(11(14)15)5-8(10)9(12)13/h5-6H,2-4H2,1H3,(H,12,13). The first-order valence-corrected chi connectivity index (χ1v) is 5.87. The maximum atomic E-state index is 10.8. The van der Waals surface area contributed by atoms with Gasteiger partial charge >= 0.3 is 5.97 Å². The van der Waals surface area contributed by atoms with E-state index < -0.39 is 10.9 Å². The van der Waals surface area contributed by atoms with Crippen molar-refractivity contribution in [3.63, 3.8) is 0 Å². The van der Waals surface area contributed by atoms with E-state index in [4.69, 9.17) is 5.11 Å². The van der Waals surface area contributed by atoms with Crippen molar-refractivity contribution in [1.82, 2.24) is 4.57 Å². The maximum absolute atomic E-state index is 10.8. The van der Waals surface area contributed by atoms with E-state index in [9.17, 15) is 14.9 Å². The van der Waals surface area contributed by atoms with Crippen LogP contribution in [-0.2, 0) is 6.54 Å². The Morgan fingerprint density at radius 1 is 1.69 bits per heavy atom. The zero-order valence-electron chi connectivity index (χ0n) is 8.75. The Morgan fingerprint density at radius 2 is 2.38 bits per heavy atom. The van der Waals surface area contributed by atoms with Crippen LogP contribution in [0.25, 0.3) is 0 Å². The maximum Gasteiger partial charge on any atom is 0.352 e. The molecule has 0 atom stereocenters. The average molecular weight is 244 g/mol. The van der Waals surface area contributed by atoms with Crippen molar-refractivity contribution in [2.75, 3.05) is 11.5 Å². The van der Waals surface area contributed by atoms with Crippen LogP contribution < -0.4 is 0 Å². The molecule has 0 aliphatic heterocycles. The quantitative estimate of drug-likeness (QED) is 0.469. The third-order valence-corrected chi connectivity index (χ3v) is 2.87. The van der Waals surface area contributed by atoms with Crippen LogP contribution in [0.15, 0.2) is 12.3 Å². The molecule has 1 rings (SSSR count). The number of nitrogens with zero attached hydrogens (tertiary/aromatic N) is 2. The van der Waals surface area contributed by atoms with Crippen LogP contribution in [0.1, 0.15) is 17.4 Å². The van der Waals surface area contributed by atoms with Gasteiger partial charge in [-0.2, -0.15) is 11.8 Å². The summed E-state index contributed by atoms with van der Waals surface area (Å²) in [6.07, 6.45) is 1.26. The summed E-state index contributed by atoms with van der Waals surface area (Å²) >= 11 is 1.66. The first kappa shape index (κ1) is 12.6. The van der Waals surface area contributed by atoms with Crippen LogP contribution in [0.2, 0.25) is 0 Å². The number of aryl methyl sites for hydroxylation is 1. The molecule has 0 radical (unpaired) electrons. The van der Waals surface area contributed by atoms with Crippen LogP contribution in [-0.4, -0.2) is 32.1 Å². The summed E-state index contributed by atoms with van der Waals surface area (Å²) in [6, 6.07) is 1.08. The van der Waals surface area contributed by atoms with Gasteiger partial charge in [0.05, 0.1) is 11.1 Å². The molecular formula is C9H12N2O4S. The number of hydrogen-bond acceptors (Lipinski definition) is 4. The van der Waals surface area contributed by atoms with Gasteiger partial charge in [-0.15, -0.1) is 0 Å². The number of thioether (sulfide) groups is 1. The molecule has 0 fully saturated rings. The highest BCUT2D eigenvalue weighted by Crippen LogP contribution is 2.17. The second-order valence-electron chi connectivity index (χ2n) is 3.04. The number of carbonyl (C=O) groups is 1. The van der Waals surface area contributed by atoms with Gasteiger partial charge in [0.2, 0.25) is 0 Å². The monoisotopic (exact) mass is 244 g/mol. The highest BCUT2D eigenvalue weighted by molar-refractivity contribution is 7.99. The zero-order chi connectivity index (χ0) is 12.1. The number of hydrogen-bond donors (Lipinski definition) is 1. The molecule has 1 aromatic heterocycles. The molecule has 0 aliphatic rings. The summed E-state index contributed by atoms with van der Waals surface area (Å²) in [5.41, 5.74) is -0.220. The van der Waals surface area contributed by atoms with Gasteiger partial charge in [-0.25, -0.2) is 4.79 Å². The predicted octanol–water partition coefficient (Wildman–Crippen LogP) is 1.85. The molecule has 0 bridgehead atoms. The van der Waals surface area contributed by atoms with Crippen molar-refractivity contribution in [3.8, 4) is 0 Å². The Hall–Kier alpha value is -1.50. The number of carboxylic acids is 1. The van der Waals surface area contributed by atoms with Gasteiger partial charge in [0, 0.05) is 18.4 Å². The molecule has 6 nitrogen and oxygen atoms in total. The Morgan fingerprint density at radius 3 is 2.88 bits per heavy atom. The molecule has 7 heteroatoms. The van der Waals surface area contributed by atoms with Crippen LogP contribution in [0.5, 0.6) is 0 Å². The third kappa shape index (κ3) is 2.99. The van der Waals surface area contributed by atoms with E-state index in [0.717, 1.165) is 17.6 Å². The Kier molecular flexibility index (Phi) is 4.36. The summed E-state index contributed by atoms with van der Waals surface area (Å²) in [5.74, 6) is 0.531. The first-order chi connectivity index (χ1) is 7.56. The summed E-state index contributed by atoms with van der Waals surface area (Å²) in [4.78, 5) is 20.8. The predicted molar refractivity (Wildman–Crippen MR) is 61.0 cm³/mol. The lowest BCUT2D eigenvalue weighted by atomic mass is 10.4. The van der Waals surface area contributed by atoms with Crippen molar-refractivity contribution in [2.24, 2.45) is 0 Å². The Balaban J connectivity index is 2.87. The minimum absolute atomic E-state index is 0.0385. The molecule has 1 heterocycles. The van der Waals surface area contributed by atoms with E-state index in [0.29, 0.717) is 6.54 Å². The number of carboxylic acid groups (broad SMARTS) is 1.